The molecule has 1 aliphatic heterocycles. The van der Waals surface area contributed by atoms with E-state index in [-0.39, 0.29) is 28.4 Å². The van der Waals surface area contributed by atoms with Crippen molar-refractivity contribution in [3.63, 3.8) is 0 Å². The van der Waals surface area contributed by atoms with Gasteiger partial charge in [0.2, 0.25) is 0 Å². The van der Waals surface area contributed by atoms with Gasteiger partial charge in [0.25, 0.3) is 0 Å². The molecule has 43 heavy (non-hydrogen) atoms. The Balaban J connectivity index is 1.39. The minimum absolute atomic E-state index is 0.123. The Morgan fingerprint density at radius 3 is 1.93 bits per heavy atom. The maximum atomic E-state index is 15.2. The van der Waals surface area contributed by atoms with E-state index in [0.29, 0.717) is 35.8 Å². The number of aryl methyl sites for hydroxylation is 1. The van der Waals surface area contributed by atoms with E-state index in [1.165, 1.54) is 18.2 Å². The Morgan fingerprint density at radius 2 is 1.33 bits per heavy atom. The molecule has 4 aromatic rings. The van der Waals surface area contributed by atoms with Crippen molar-refractivity contribution in [1.82, 2.24) is 0 Å². The van der Waals surface area contributed by atoms with E-state index in [0.717, 1.165) is 43.9 Å². The van der Waals surface area contributed by atoms with Gasteiger partial charge in [-0.05, 0) is 96.8 Å². The monoisotopic (exact) mass is 596 g/mol. The summed E-state index contributed by atoms with van der Waals surface area (Å²) >= 11 is 0. The minimum atomic E-state index is -1.77. The lowest BCUT2D eigenvalue weighted by Crippen LogP contribution is -2.24. The maximum absolute atomic E-state index is 15.2. The summed E-state index contributed by atoms with van der Waals surface area (Å²) in [5.41, 5.74) is -0.232. The summed E-state index contributed by atoms with van der Waals surface area (Å²) in [5, 5.41) is 0. The lowest BCUT2D eigenvalue weighted by Gasteiger charge is -2.25. The number of ether oxygens (including phenoxy) is 1. The van der Waals surface area contributed by atoms with Gasteiger partial charge in [-0.15, -0.1) is 0 Å². The Bertz CT molecular complexity index is 1700. The summed E-state index contributed by atoms with van der Waals surface area (Å²) in [6, 6.07) is 9.10. The van der Waals surface area contributed by atoms with E-state index in [9.17, 15) is 22.0 Å². The number of hydrogen-bond acceptors (Lipinski definition) is 1. The molecule has 1 nitrogen and oxygen atoms in total. The van der Waals surface area contributed by atoms with Gasteiger partial charge in [-0.1, -0.05) is 37.3 Å². The van der Waals surface area contributed by atoms with Crippen LogP contribution in [0.4, 0.5) is 30.7 Å². The van der Waals surface area contributed by atoms with Gasteiger partial charge in [-0.3, -0.25) is 0 Å². The fourth-order valence-corrected chi connectivity index (χ4v) is 5.37. The summed E-state index contributed by atoms with van der Waals surface area (Å²) in [6.45, 7) is 4.57. The molecule has 0 saturated carbocycles. The molecule has 8 heteroatoms. The van der Waals surface area contributed by atoms with Crippen LogP contribution in [0.3, 0.4) is 0 Å². The van der Waals surface area contributed by atoms with Crippen LogP contribution in [-0.2, 0) is 4.74 Å². The molecular formula is C35H27F7O. The maximum Gasteiger partial charge on any atom is 0.194 e. The lowest BCUT2D eigenvalue weighted by atomic mass is 9.94. The third-order valence-electron chi connectivity index (χ3n) is 7.65. The van der Waals surface area contributed by atoms with E-state index in [1.54, 1.807) is 13.0 Å². The van der Waals surface area contributed by atoms with Gasteiger partial charge in [0.1, 0.15) is 29.4 Å². The van der Waals surface area contributed by atoms with Crippen LogP contribution in [0.2, 0.25) is 0 Å². The molecule has 2 unspecified atom stereocenters. The zero-order valence-electron chi connectivity index (χ0n) is 23.4. The van der Waals surface area contributed by atoms with Crippen molar-refractivity contribution in [3.8, 4) is 45.2 Å². The molecule has 0 radical (unpaired) electrons. The fraction of sp³-hybridized carbons (Fsp3) is 0.257. The second-order valence-corrected chi connectivity index (χ2v) is 10.7. The van der Waals surface area contributed by atoms with Gasteiger partial charge >= 0.3 is 0 Å². The van der Waals surface area contributed by atoms with Gasteiger partial charge in [0.05, 0.1) is 12.2 Å². The summed E-state index contributed by atoms with van der Waals surface area (Å²) < 4.78 is 107. The Hall–Kier alpha value is -4.09. The van der Waals surface area contributed by atoms with Crippen LogP contribution in [0.1, 0.15) is 43.7 Å². The molecule has 0 spiro atoms. The largest absolute Gasteiger partial charge is 0.365 e. The lowest BCUT2D eigenvalue weighted by molar-refractivity contribution is 0.0135. The van der Waals surface area contributed by atoms with Crippen LogP contribution in [0.25, 0.3) is 33.4 Å². The van der Waals surface area contributed by atoms with Crippen molar-refractivity contribution >= 4 is 0 Å². The molecule has 1 saturated heterocycles. The van der Waals surface area contributed by atoms with Crippen LogP contribution < -0.4 is 0 Å². The smallest absolute Gasteiger partial charge is 0.194 e. The van der Waals surface area contributed by atoms with Crippen LogP contribution >= 0.6 is 0 Å². The van der Waals surface area contributed by atoms with E-state index < -0.39 is 51.8 Å². The topological polar surface area (TPSA) is 9.23 Å². The Morgan fingerprint density at radius 1 is 0.698 bits per heavy atom. The average Bonchev–Trinajstić information content (AvgIpc) is 2.96. The number of halogens is 7. The van der Waals surface area contributed by atoms with Crippen molar-refractivity contribution in [2.45, 2.75) is 45.6 Å². The van der Waals surface area contributed by atoms with Crippen molar-refractivity contribution in [1.29, 1.82) is 0 Å². The fourth-order valence-electron chi connectivity index (χ4n) is 5.37. The summed E-state index contributed by atoms with van der Waals surface area (Å²) in [6.07, 6.45) is 3.88. The molecule has 2 atom stereocenters. The zero-order chi connectivity index (χ0) is 30.8. The van der Waals surface area contributed by atoms with Gasteiger partial charge < -0.3 is 4.74 Å². The first-order valence-electron chi connectivity index (χ1n) is 13.9. The quantitative estimate of drug-likeness (QED) is 0.127. The number of benzene rings is 4. The first kappa shape index (κ1) is 30.4. The molecule has 0 aromatic heterocycles. The molecule has 222 valence electrons. The highest BCUT2D eigenvalue weighted by atomic mass is 19.2. The Kier molecular flexibility index (Phi) is 8.93. The summed E-state index contributed by atoms with van der Waals surface area (Å²) in [5.74, 6) is -2.32. The normalized spacial score (nSPS) is 16.6. The second-order valence-electron chi connectivity index (χ2n) is 10.7. The molecule has 1 heterocycles. The molecule has 1 fully saturated rings. The predicted octanol–water partition coefficient (Wildman–Crippen LogP) is 9.92. The molecule has 5 rings (SSSR count). The molecule has 4 aromatic carbocycles. The van der Waals surface area contributed by atoms with E-state index in [4.69, 9.17) is 4.74 Å². The van der Waals surface area contributed by atoms with Gasteiger partial charge in [-0.25, -0.2) is 30.7 Å². The van der Waals surface area contributed by atoms with Crippen molar-refractivity contribution in [2.75, 3.05) is 6.61 Å². The third kappa shape index (κ3) is 6.47. The van der Waals surface area contributed by atoms with Crippen LogP contribution in [-0.4, -0.2) is 12.7 Å². The van der Waals surface area contributed by atoms with Gasteiger partial charge in [0.15, 0.2) is 17.5 Å². The SMILES string of the molecule is CCCC1CCC(C#Cc2cc(F)c(-c3ccc(-c4cc(F)c(-c5cc(F)c(F)c(F)c5)c(F)c4)c(F)c3)cc2C)OC1. The highest BCUT2D eigenvalue weighted by Crippen LogP contribution is 2.35. The van der Waals surface area contributed by atoms with Crippen molar-refractivity contribution in [3.05, 3.63) is 106 Å². The molecule has 1 aliphatic rings. The van der Waals surface area contributed by atoms with Crippen LogP contribution in [0.5, 0.6) is 0 Å². The molecular weight excluding hydrogens is 569 g/mol. The zero-order valence-corrected chi connectivity index (χ0v) is 23.4. The van der Waals surface area contributed by atoms with E-state index in [1.807, 2.05) is 0 Å². The molecule has 0 aliphatic carbocycles. The predicted molar refractivity (Wildman–Crippen MR) is 151 cm³/mol. The number of hydrogen-bond donors (Lipinski definition) is 0. The molecule has 0 N–H and O–H groups in total. The molecule has 0 amide bonds. The second kappa shape index (κ2) is 12.6. The van der Waals surface area contributed by atoms with Gasteiger partial charge in [-0.2, -0.15) is 0 Å². The highest BCUT2D eigenvalue weighted by Gasteiger charge is 2.21. The van der Waals surface area contributed by atoms with Gasteiger partial charge in [0, 0.05) is 16.7 Å². The number of rotatable bonds is 5. The van der Waals surface area contributed by atoms with Crippen LogP contribution in [0.15, 0.2) is 54.6 Å². The van der Waals surface area contributed by atoms with E-state index >= 15 is 8.78 Å². The molecule has 0 bridgehead atoms. The first-order chi connectivity index (χ1) is 20.5. The van der Waals surface area contributed by atoms with Crippen LogP contribution in [0, 0.1) is 65.4 Å². The summed E-state index contributed by atoms with van der Waals surface area (Å²) in [4.78, 5) is 0. The highest BCUT2D eigenvalue weighted by molar-refractivity contribution is 5.75. The summed E-state index contributed by atoms with van der Waals surface area (Å²) in [7, 11) is 0. The Labute approximate surface area is 245 Å². The average molecular weight is 597 g/mol. The first-order valence-corrected chi connectivity index (χ1v) is 13.9. The van der Waals surface area contributed by atoms with Crippen molar-refractivity contribution < 1.29 is 35.5 Å². The van der Waals surface area contributed by atoms with Crippen molar-refractivity contribution in [2.24, 2.45) is 5.92 Å². The standard InChI is InChI=1S/C35H27F7O/c1-3-4-20-5-8-25(43-18-20)9-6-21-12-29(37)27(11-19(21)2)22-7-10-26(28(36)13-22)23-14-30(38)34(31(39)15-23)24-16-32(40)35(42)33(41)17-24/h7,10-17,20,25H,3-5,8,18H2,1-2H3. The van der Waals surface area contributed by atoms with E-state index in [2.05, 4.69) is 18.8 Å². The minimum Gasteiger partial charge on any atom is -0.365 e. The third-order valence-corrected chi connectivity index (χ3v) is 7.65.